The zero-order valence-corrected chi connectivity index (χ0v) is 13.1. The molecule has 0 bridgehead atoms. The Morgan fingerprint density at radius 1 is 1.30 bits per heavy atom. The number of nitrogens with one attached hydrogen (secondary N) is 1. The quantitative estimate of drug-likeness (QED) is 0.786. The van der Waals surface area contributed by atoms with Gasteiger partial charge in [-0.1, -0.05) is 19.8 Å². The van der Waals surface area contributed by atoms with Crippen molar-refractivity contribution in [3.63, 3.8) is 0 Å². The molecule has 2 fully saturated rings. The van der Waals surface area contributed by atoms with Gasteiger partial charge in [-0.3, -0.25) is 4.79 Å². The lowest BCUT2D eigenvalue weighted by Gasteiger charge is -2.31. The fourth-order valence-corrected chi connectivity index (χ4v) is 3.77. The van der Waals surface area contributed by atoms with Gasteiger partial charge in [-0.15, -0.1) is 0 Å². The van der Waals surface area contributed by atoms with Crippen LogP contribution in [-0.2, 0) is 9.53 Å². The lowest BCUT2D eigenvalue weighted by molar-refractivity contribution is -0.148. The number of hydrogen-bond donors (Lipinski definition) is 1. The van der Waals surface area contributed by atoms with Crippen LogP contribution in [0.15, 0.2) is 0 Å². The van der Waals surface area contributed by atoms with Crippen molar-refractivity contribution in [2.75, 3.05) is 26.7 Å². The maximum atomic E-state index is 12.2. The summed E-state index contributed by atoms with van der Waals surface area (Å²) in [4.78, 5) is 14.9. The molecule has 1 heterocycles. The van der Waals surface area contributed by atoms with Crippen molar-refractivity contribution < 1.29 is 9.53 Å². The molecule has 20 heavy (non-hydrogen) atoms. The molecule has 0 spiro atoms. The van der Waals surface area contributed by atoms with Crippen LogP contribution in [0, 0.1) is 0 Å². The first kappa shape index (κ1) is 15.8. The topological polar surface area (TPSA) is 41.6 Å². The minimum atomic E-state index is -0.429. The summed E-state index contributed by atoms with van der Waals surface area (Å²) in [6, 6.07) is 0.552. The van der Waals surface area contributed by atoms with E-state index in [1.807, 2.05) is 0 Å². The van der Waals surface area contributed by atoms with E-state index in [0.717, 1.165) is 32.2 Å². The molecule has 116 valence electrons. The zero-order valence-electron chi connectivity index (χ0n) is 13.1. The van der Waals surface area contributed by atoms with Crippen molar-refractivity contribution in [2.24, 2.45) is 0 Å². The van der Waals surface area contributed by atoms with Crippen molar-refractivity contribution in [3.05, 3.63) is 0 Å². The molecule has 1 aliphatic carbocycles. The Morgan fingerprint density at radius 2 is 2.00 bits per heavy atom. The van der Waals surface area contributed by atoms with E-state index in [4.69, 9.17) is 4.74 Å². The van der Waals surface area contributed by atoms with Gasteiger partial charge in [0.05, 0.1) is 7.11 Å². The van der Waals surface area contributed by atoms with Gasteiger partial charge < -0.3 is 15.0 Å². The highest BCUT2D eigenvalue weighted by atomic mass is 16.5. The zero-order chi connectivity index (χ0) is 14.4. The van der Waals surface area contributed by atoms with E-state index in [-0.39, 0.29) is 5.97 Å². The molecular weight excluding hydrogens is 252 g/mol. The summed E-state index contributed by atoms with van der Waals surface area (Å²) in [5.74, 6) is -0.0664. The van der Waals surface area contributed by atoms with Crippen LogP contribution in [-0.4, -0.2) is 49.2 Å². The molecule has 2 unspecified atom stereocenters. The van der Waals surface area contributed by atoms with Crippen molar-refractivity contribution in [1.29, 1.82) is 0 Å². The number of nitrogens with zero attached hydrogens (tertiary/aromatic N) is 1. The third kappa shape index (κ3) is 3.53. The fourth-order valence-electron chi connectivity index (χ4n) is 3.77. The van der Waals surface area contributed by atoms with Gasteiger partial charge in [0.1, 0.15) is 5.54 Å². The molecule has 0 aromatic carbocycles. The maximum Gasteiger partial charge on any atom is 0.326 e. The van der Waals surface area contributed by atoms with E-state index in [1.54, 1.807) is 0 Å². The molecule has 4 nitrogen and oxygen atoms in total. The first-order valence-corrected chi connectivity index (χ1v) is 8.29. The van der Waals surface area contributed by atoms with E-state index in [9.17, 15) is 4.79 Å². The first-order valence-electron chi connectivity index (χ1n) is 8.29. The van der Waals surface area contributed by atoms with E-state index < -0.39 is 5.54 Å². The molecule has 0 amide bonds. The summed E-state index contributed by atoms with van der Waals surface area (Å²) in [6.45, 7) is 5.44. The minimum absolute atomic E-state index is 0.0664. The SMILES string of the molecule is CCCNC1(C(=O)OC)CCC(N2CCCCCC2)C1. The lowest BCUT2D eigenvalue weighted by atomic mass is 9.97. The number of esters is 1. The molecule has 1 aliphatic heterocycles. The van der Waals surface area contributed by atoms with Crippen LogP contribution in [0.3, 0.4) is 0 Å². The number of ether oxygens (including phenoxy) is 1. The summed E-state index contributed by atoms with van der Waals surface area (Å²) in [6.07, 6.45) is 9.34. The van der Waals surface area contributed by atoms with E-state index in [2.05, 4.69) is 17.1 Å². The standard InChI is InChI=1S/C16H30N2O2/c1-3-10-17-16(15(19)20-2)9-8-14(13-16)18-11-6-4-5-7-12-18/h14,17H,3-13H2,1-2H3. The highest BCUT2D eigenvalue weighted by Crippen LogP contribution is 2.35. The molecule has 0 aromatic rings. The van der Waals surface area contributed by atoms with Gasteiger partial charge in [0, 0.05) is 6.04 Å². The Hall–Kier alpha value is -0.610. The second-order valence-electron chi connectivity index (χ2n) is 6.35. The average molecular weight is 282 g/mol. The number of carbonyl (C=O) groups is 1. The average Bonchev–Trinajstić information content (AvgIpc) is 2.72. The molecular formula is C16H30N2O2. The van der Waals surface area contributed by atoms with Gasteiger partial charge in [0.2, 0.25) is 0 Å². The van der Waals surface area contributed by atoms with Crippen LogP contribution in [0.5, 0.6) is 0 Å². The van der Waals surface area contributed by atoms with Crippen molar-refractivity contribution in [1.82, 2.24) is 10.2 Å². The van der Waals surface area contributed by atoms with Gasteiger partial charge in [0.25, 0.3) is 0 Å². The summed E-state index contributed by atoms with van der Waals surface area (Å²) >= 11 is 0. The summed E-state index contributed by atoms with van der Waals surface area (Å²) in [5.41, 5.74) is -0.429. The van der Waals surface area contributed by atoms with Gasteiger partial charge in [-0.25, -0.2) is 0 Å². The Morgan fingerprint density at radius 3 is 2.60 bits per heavy atom. The van der Waals surface area contributed by atoms with Crippen molar-refractivity contribution in [3.8, 4) is 0 Å². The van der Waals surface area contributed by atoms with Crippen molar-refractivity contribution >= 4 is 5.97 Å². The molecule has 0 radical (unpaired) electrons. The van der Waals surface area contributed by atoms with E-state index in [0.29, 0.717) is 6.04 Å². The Bertz CT molecular complexity index is 314. The molecule has 1 saturated heterocycles. The van der Waals surface area contributed by atoms with Crippen LogP contribution >= 0.6 is 0 Å². The molecule has 2 atom stereocenters. The highest BCUT2D eigenvalue weighted by molar-refractivity contribution is 5.81. The number of rotatable bonds is 5. The molecule has 1 saturated carbocycles. The molecule has 4 heteroatoms. The van der Waals surface area contributed by atoms with Crippen LogP contribution < -0.4 is 5.32 Å². The molecule has 0 aromatic heterocycles. The third-order valence-electron chi connectivity index (χ3n) is 4.93. The monoisotopic (exact) mass is 282 g/mol. The number of methoxy groups -OCH3 is 1. The van der Waals surface area contributed by atoms with Crippen LogP contribution in [0.1, 0.15) is 58.3 Å². The van der Waals surface area contributed by atoms with E-state index in [1.165, 1.54) is 45.9 Å². The summed E-state index contributed by atoms with van der Waals surface area (Å²) in [7, 11) is 1.51. The summed E-state index contributed by atoms with van der Waals surface area (Å²) in [5, 5.41) is 3.48. The number of likely N-dealkylation sites (tertiary alicyclic amines) is 1. The van der Waals surface area contributed by atoms with Crippen LogP contribution in [0.4, 0.5) is 0 Å². The molecule has 2 rings (SSSR count). The first-order chi connectivity index (χ1) is 9.72. The highest BCUT2D eigenvalue weighted by Gasteiger charge is 2.47. The molecule has 1 N–H and O–H groups in total. The van der Waals surface area contributed by atoms with Crippen LogP contribution in [0.25, 0.3) is 0 Å². The van der Waals surface area contributed by atoms with Crippen molar-refractivity contribution in [2.45, 2.75) is 69.9 Å². The number of hydrogen-bond acceptors (Lipinski definition) is 4. The lowest BCUT2D eigenvalue weighted by Crippen LogP contribution is -2.52. The van der Waals surface area contributed by atoms with Gasteiger partial charge in [-0.2, -0.15) is 0 Å². The Labute approximate surface area is 123 Å². The second kappa shape index (κ2) is 7.41. The minimum Gasteiger partial charge on any atom is -0.468 e. The third-order valence-corrected chi connectivity index (χ3v) is 4.93. The van der Waals surface area contributed by atoms with Gasteiger partial charge >= 0.3 is 5.97 Å². The predicted octanol–water partition coefficient (Wildman–Crippen LogP) is 2.33. The van der Waals surface area contributed by atoms with Crippen LogP contribution in [0.2, 0.25) is 0 Å². The van der Waals surface area contributed by atoms with E-state index >= 15 is 0 Å². The second-order valence-corrected chi connectivity index (χ2v) is 6.35. The largest absolute Gasteiger partial charge is 0.468 e. The van der Waals surface area contributed by atoms with Gasteiger partial charge in [0.15, 0.2) is 0 Å². The normalized spacial score (nSPS) is 32.0. The van der Waals surface area contributed by atoms with Gasteiger partial charge in [-0.05, 0) is 58.2 Å². The Balaban J connectivity index is 2.00. The fraction of sp³-hybridized carbons (Fsp3) is 0.938. The predicted molar refractivity (Wildman–Crippen MR) is 80.7 cm³/mol. The maximum absolute atomic E-state index is 12.2. The number of carbonyl (C=O) groups excluding carboxylic acids is 1. The Kier molecular flexibility index (Phi) is 5.85. The summed E-state index contributed by atoms with van der Waals surface area (Å²) < 4.78 is 5.07. The molecule has 2 aliphatic rings. The smallest absolute Gasteiger partial charge is 0.326 e.